The van der Waals surface area contributed by atoms with E-state index in [1.54, 1.807) is 0 Å². The molecule has 2 N–H and O–H groups in total. The summed E-state index contributed by atoms with van der Waals surface area (Å²) in [7, 11) is 0. The minimum Gasteiger partial charge on any atom is -0.481 e. The number of rotatable bonds is 2. The zero-order chi connectivity index (χ0) is 33.5. The van der Waals surface area contributed by atoms with Crippen LogP contribution in [0, 0.1) is 52.8 Å². The summed E-state index contributed by atoms with van der Waals surface area (Å²) in [5.74, 6) is -9.95. The van der Waals surface area contributed by atoms with Gasteiger partial charge in [0, 0.05) is 21.5 Å². The van der Waals surface area contributed by atoms with Gasteiger partial charge in [0.25, 0.3) is 0 Å². The largest absolute Gasteiger partial charge is 0.481 e. The second-order valence-corrected chi connectivity index (χ2v) is 16.2. The molecule has 6 aliphatic rings. The number of aliphatic carboxylic acids is 2. The van der Waals surface area contributed by atoms with Gasteiger partial charge < -0.3 is 19.7 Å². The molecule has 0 aromatic heterocycles. The Labute approximate surface area is 272 Å². The molecule has 4 aliphatic carbocycles. The molecule has 2 heterocycles. The van der Waals surface area contributed by atoms with Gasteiger partial charge in [-0.25, -0.2) is 0 Å². The summed E-state index contributed by atoms with van der Waals surface area (Å²) >= 11 is 0. The van der Waals surface area contributed by atoms with Crippen LogP contribution in [0.2, 0.25) is 0 Å². The van der Waals surface area contributed by atoms with Gasteiger partial charge in [-0.1, -0.05) is 90.1 Å². The van der Waals surface area contributed by atoms with E-state index < -0.39 is 76.6 Å². The van der Waals surface area contributed by atoms with E-state index >= 15 is 0 Å². The Bertz CT molecular complexity index is 1870. The number of hydrogen-bond acceptors (Lipinski definition) is 6. The minimum absolute atomic E-state index is 0.268. The van der Waals surface area contributed by atoms with E-state index in [2.05, 4.69) is 41.5 Å². The number of carboxylic acid groups (broad SMARTS) is 2. The van der Waals surface area contributed by atoms with E-state index in [0.29, 0.717) is 33.0 Å². The summed E-state index contributed by atoms with van der Waals surface area (Å²) in [6.45, 7) is 12.4. The lowest BCUT2D eigenvalue weighted by Crippen LogP contribution is -2.38. The van der Waals surface area contributed by atoms with Crippen molar-refractivity contribution >= 4 is 45.4 Å². The first-order valence-corrected chi connectivity index (χ1v) is 16.4. The van der Waals surface area contributed by atoms with E-state index in [-0.39, 0.29) is 10.8 Å². The summed E-state index contributed by atoms with van der Waals surface area (Å²) in [5.41, 5.74) is 0.436. The lowest BCUT2D eigenvalue weighted by Gasteiger charge is -2.37. The van der Waals surface area contributed by atoms with Gasteiger partial charge in [0.1, 0.15) is 11.5 Å². The number of benzene rings is 3. The highest BCUT2D eigenvalue weighted by Crippen LogP contribution is 2.76. The molecule has 2 fully saturated rings. The SMILES string of the molecule is CC(C)(C)c1ccc2c3c4cc(C(C)(C)C)ccc4c(c2c1)OC(=O)C1C(C(=O)O)C2C=CC1C21C2C=CC1C(C(=O)O3)C2C(=O)O. The van der Waals surface area contributed by atoms with Crippen LogP contribution in [0.25, 0.3) is 21.5 Å². The molecule has 0 amide bonds. The summed E-state index contributed by atoms with van der Waals surface area (Å²) in [6.07, 6.45) is 7.37. The number of esters is 2. The topological polar surface area (TPSA) is 127 Å². The summed E-state index contributed by atoms with van der Waals surface area (Å²) in [6, 6.07) is 11.5. The van der Waals surface area contributed by atoms with Crippen molar-refractivity contribution in [2.24, 2.45) is 52.8 Å². The average Bonchev–Trinajstić information content (AvgIpc) is 3.72. The first kappa shape index (κ1) is 29.9. The number of carbonyl (C=O) groups excluding carboxylic acids is 2. The third-order valence-electron chi connectivity index (χ3n) is 12.0. The quantitative estimate of drug-likeness (QED) is 0.139. The maximum atomic E-state index is 14.6. The van der Waals surface area contributed by atoms with Crippen LogP contribution in [-0.2, 0) is 30.0 Å². The molecule has 8 atom stereocenters. The third kappa shape index (κ3) is 3.75. The Morgan fingerprint density at radius 1 is 0.596 bits per heavy atom. The molecule has 1 spiro atoms. The Balaban J connectivity index is 1.47. The van der Waals surface area contributed by atoms with Crippen molar-refractivity contribution in [2.75, 3.05) is 0 Å². The van der Waals surface area contributed by atoms with Crippen LogP contribution in [0.1, 0.15) is 52.7 Å². The highest BCUT2D eigenvalue weighted by atomic mass is 16.5. The predicted octanol–water partition coefficient (Wildman–Crippen LogP) is 6.66. The summed E-state index contributed by atoms with van der Waals surface area (Å²) in [4.78, 5) is 55.2. The lowest BCUT2D eigenvalue weighted by molar-refractivity contribution is -0.152. The van der Waals surface area contributed by atoms with Crippen LogP contribution >= 0.6 is 0 Å². The van der Waals surface area contributed by atoms with Gasteiger partial charge in [-0.15, -0.1) is 0 Å². The fraction of sp³-hybridized carbons (Fsp3) is 0.436. The van der Waals surface area contributed by atoms with Crippen LogP contribution in [0.3, 0.4) is 0 Å². The van der Waals surface area contributed by atoms with Crippen LogP contribution in [0.5, 0.6) is 11.5 Å². The molecule has 9 rings (SSSR count). The smallest absolute Gasteiger partial charge is 0.315 e. The first-order chi connectivity index (χ1) is 22.1. The van der Waals surface area contributed by atoms with Crippen molar-refractivity contribution in [1.29, 1.82) is 0 Å². The van der Waals surface area contributed by atoms with Crippen LogP contribution in [0.15, 0.2) is 60.7 Å². The standard InChI is InChI=1S/C39H38O8/c1-37(2,3)17-7-9-19-21(15-17)31-20-10-8-18(38(4,5)6)16-22(20)32(19)47-36(45)30-26-14-12-24(28(30)34(42)43)39(26)23-11-13-25(39)29(35(44)46-31)27(23)33(40)41/h7-16,23-30H,1-6H3,(H,40,41)(H,42,43). The maximum absolute atomic E-state index is 14.6. The Morgan fingerprint density at radius 2 is 0.957 bits per heavy atom. The van der Waals surface area contributed by atoms with Crippen molar-refractivity contribution in [3.63, 3.8) is 0 Å². The number of carbonyl (C=O) groups is 4. The Hall–Kier alpha value is -4.46. The van der Waals surface area contributed by atoms with Crippen molar-refractivity contribution in [2.45, 2.75) is 52.4 Å². The molecule has 8 unspecified atom stereocenters. The molecule has 242 valence electrons. The lowest BCUT2D eigenvalue weighted by atomic mass is 9.65. The van der Waals surface area contributed by atoms with E-state index in [1.807, 2.05) is 60.7 Å². The molecule has 3 aromatic rings. The average molecular weight is 635 g/mol. The minimum atomic E-state index is -1.14. The second-order valence-electron chi connectivity index (χ2n) is 16.2. The molecule has 3 aromatic carbocycles. The van der Waals surface area contributed by atoms with Crippen molar-refractivity contribution in [3.05, 3.63) is 71.8 Å². The van der Waals surface area contributed by atoms with Crippen molar-refractivity contribution in [1.82, 2.24) is 0 Å². The number of ether oxygens (including phenoxy) is 2. The van der Waals surface area contributed by atoms with Gasteiger partial charge in [-0.2, -0.15) is 0 Å². The Kier molecular flexibility index (Phi) is 5.94. The van der Waals surface area contributed by atoms with Gasteiger partial charge >= 0.3 is 23.9 Å². The zero-order valence-electron chi connectivity index (χ0n) is 27.2. The van der Waals surface area contributed by atoms with Gasteiger partial charge in [0.15, 0.2) is 0 Å². The number of carboxylic acids is 2. The van der Waals surface area contributed by atoms with E-state index in [4.69, 9.17) is 9.47 Å². The molecular weight excluding hydrogens is 596 g/mol. The monoisotopic (exact) mass is 634 g/mol. The predicted molar refractivity (Wildman–Crippen MR) is 174 cm³/mol. The summed E-state index contributed by atoms with van der Waals surface area (Å²) in [5, 5.41) is 23.5. The normalized spacial score (nSPS) is 33.6. The molecular formula is C39H38O8. The van der Waals surface area contributed by atoms with E-state index in [1.165, 1.54) is 0 Å². The Morgan fingerprint density at radius 3 is 1.30 bits per heavy atom. The fourth-order valence-electron chi connectivity index (χ4n) is 9.94. The van der Waals surface area contributed by atoms with Crippen LogP contribution < -0.4 is 9.47 Å². The second kappa shape index (κ2) is 9.33. The van der Waals surface area contributed by atoms with Gasteiger partial charge in [-0.05, 0) is 63.2 Å². The van der Waals surface area contributed by atoms with Gasteiger partial charge in [0.05, 0.1) is 23.7 Å². The van der Waals surface area contributed by atoms with Gasteiger partial charge in [-0.3, -0.25) is 19.2 Å². The van der Waals surface area contributed by atoms with Gasteiger partial charge in [0.2, 0.25) is 0 Å². The van der Waals surface area contributed by atoms with Crippen molar-refractivity contribution in [3.8, 4) is 11.5 Å². The van der Waals surface area contributed by atoms with E-state index in [9.17, 15) is 29.4 Å². The zero-order valence-corrected chi connectivity index (χ0v) is 27.2. The van der Waals surface area contributed by atoms with Crippen LogP contribution in [-0.4, -0.2) is 34.1 Å². The van der Waals surface area contributed by atoms with E-state index in [0.717, 1.165) is 11.1 Å². The molecule has 0 radical (unpaired) electrons. The molecule has 2 aliphatic heterocycles. The number of hydrogen-bond donors (Lipinski definition) is 2. The highest BCUT2D eigenvalue weighted by Gasteiger charge is 2.78. The molecule has 2 saturated carbocycles. The maximum Gasteiger partial charge on any atom is 0.315 e. The third-order valence-corrected chi connectivity index (χ3v) is 12.0. The molecule has 0 saturated heterocycles. The molecule has 9 bridgehead atoms. The molecule has 47 heavy (non-hydrogen) atoms. The van der Waals surface area contributed by atoms with Crippen LogP contribution in [0.4, 0.5) is 0 Å². The number of fused-ring (bicyclic) bond motifs is 2. The fourth-order valence-corrected chi connectivity index (χ4v) is 9.94. The number of allylic oxidation sites excluding steroid dienone is 4. The summed E-state index contributed by atoms with van der Waals surface area (Å²) < 4.78 is 12.9. The molecule has 8 nitrogen and oxygen atoms in total. The van der Waals surface area contributed by atoms with Crippen molar-refractivity contribution < 1.29 is 38.9 Å². The molecule has 8 heteroatoms. The highest BCUT2D eigenvalue weighted by molar-refractivity contribution is 6.13. The first-order valence-electron chi connectivity index (χ1n) is 16.4.